The maximum Gasteiger partial charge on any atom is 0.264 e. The van der Waals surface area contributed by atoms with Crippen molar-refractivity contribution in [3.05, 3.63) is 65.7 Å². The van der Waals surface area contributed by atoms with Crippen LogP contribution in [0.3, 0.4) is 0 Å². The fraction of sp³-hybridized carbons (Fsp3) is 0.455. The molecular weight excluding hydrogens is 375 g/mol. The molecule has 0 aliphatic rings. The first kappa shape index (κ1) is 22.6. The zero-order valence-corrected chi connectivity index (χ0v) is 18.1. The molecule has 0 aromatic heterocycles. The predicted octanol–water partition coefficient (Wildman–Crippen LogP) is 5.83. The van der Waals surface area contributed by atoms with Gasteiger partial charge >= 0.3 is 0 Å². The van der Waals surface area contributed by atoms with E-state index in [1.54, 1.807) is 6.92 Å². The lowest BCUT2D eigenvalue weighted by Crippen LogP contribution is -2.34. The van der Waals surface area contributed by atoms with E-state index < -0.39 is 12.9 Å². The van der Waals surface area contributed by atoms with E-state index in [1.165, 1.54) is 0 Å². The quantitative estimate of drug-likeness (QED) is 0.328. The van der Waals surface area contributed by atoms with Crippen molar-refractivity contribution in [1.29, 1.82) is 0 Å². The van der Waals surface area contributed by atoms with E-state index >= 15 is 0 Å². The van der Waals surface area contributed by atoms with Crippen molar-refractivity contribution < 1.29 is 23.3 Å². The van der Waals surface area contributed by atoms with Crippen LogP contribution in [-0.4, -0.2) is 25.3 Å². The average Bonchev–Trinajstić information content (AvgIpc) is 2.69. The third kappa shape index (κ3) is 5.92. The molecular formula is C22H31O5P. The SMILES string of the molecule is CCOC(C)(OCC)P(=O)(Cc1ccc(OCc2ccccc2)cc1)OCC. The average molecular weight is 406 g/mol. The lowest BCUT2D eigenvalue weighted by atomic mass is 10.2. The van der Waals surface area contributed by atoms with Crippen LogP contribution in [0.5, 0.6) is 5.75 Å². The molecule has 1 atom stereocenters. The third-order valence-electron chi connectivity index (χ3n) is 4.34. The van der Waals surface area contributed by atoms with Crippen molar-refractivity contribution >= 4 is 7.37 Å². The molecule has 0 bridgehead atoms. The molecule has 154 valence electrons. The lowest BCUT2D eigenvalue weighted by Gasteiger charge is -2.36. The number of ether oxygens (including phenoxy) is 3. The monoisotopic (exact) mass is 406 g/mol. The van der Waals surface area contributed by atoms with E-state index in [4.69, 9.17) is 18.7 Å². The molecule has 0 spiro atoms. The molecule has 0 amide bonds. The van der Waals surface area contributed by atoms with Crippen LogP contribution in [0.15, 0.2) is 54.6 Å². The minimum absolute atomic E-state index is 0.232. The van der Waals surface area contributed by atoms with E-state index in [0.29, 0.717) is 26.4 Å². The maximum absolute atomic E-state index is 13.7. The van der Waals surface area contributed by atoms with E-state index in [1.807, 2.05) is 75.4 Å². The molecule has 0 saturated carbocycles. The summed E-state index contributed by atoms with van der Waals surface area (Å²) in [5.74, 6) is 0.760. The Morgan fingerprint density at radius 3 is 1.96 bits per heavy atom. The van der Waals surface area contributed by atoms with Gasteiger partial charge in [-0.05, 0) is 51.0 Å². The normalized spacial score (nSPS) is 13.9. The second-order valence-corrected chi connectivity index (χ2v) is 9.16. The standard InChI is InChI=1S/C22H31O5P/c1-5-25-22(4,26-6-2)28(23,27-7-3)18-20-13-15-21(16-14-20)24-17-19-11-9-8-10-12-19/h8-16H,5-7,17-18H2,1-4H3. The van der Waals surface area contributed by atoms with Gasteiger partial charge in [0.05, 0.1) is 12.8 Å². The largest absolute Gasteiger partial charge is 0.489 e. The van der Waals surface area contributed by atoms with E-state index in [-0.39, 0.29) is 6.16 Å². The van der Waals surface area contributed by atoms with Crippen molar-refractivity contribution in [2.24, 2.45) is 0 Å². The maximum atomic E-state index is 13.7. The van der Waals surface area contributed by atoms with E-state index in [2.05, 4.69) is 0 Å². The minimum Gasteiger partial charge on any atom is -0.489 e. The fourth-order valence-corrected chi connectivity index (χ4v) is 5.33. The molecule has 0 fully saturated rings. The summed E-state index contributed by atoms with van der Waals surface area (Å²) in [5.41, 5.74) is 0.723. The summed E-state index contributed by atoms with van der Waals surface area (Å²) in [6.45, 7) is 8.84. The summed E-state index contributed by atoms with van der Waals surface area (Å²) in [6.07, 6.45) is 0.232. The molecule has 0 heterocycles. The zero-order valence-electron chi connectivity index (χ0n) is 17.2. The van der Waals surface area contributed by atoms with Crippen LogP contribution in [-0.2, 0) is 31.3 Å². The van der Waals surface area contributed by atoms with Gasteiger partial charge < -0.3 is 18.7 Å². The highest BCUT2D eigenvalue weighted by Crippen LogP contribution is 2.62. The van der Waals surface area contributed by atoms with Gasteiger partial charge in [-0.1, -0.05) is 42.5 Å². The smallest absolute Gasteiger partial charge is 0.264 e. The van der Waals surface area contributed by atoms with Crippen molar-refractivity contribution in [2.45, 2.75) is 46.0 Å². The van der Waals surface area contributed by atoms with Gasteiger partial charge in [-0.25, -0.2) is 0 Å². The Hall–Kier alpha value is -1.65. The van der Waals surface area contributed by atoms with Crippen LogP contribution in [0.25, 0.3) is 0 Å². The molecule has 28 heavy (non-hydrogen) atoms. The molecule has 2 aromatic rings. The number of benzene rings is 2. The molecule has 0 aliphatic heterocycles. The molecule has 1 unspecified atom stereocenters. The second kappa shape index (κ2) is 10.8. The van der Waals surface area contributed by atoms with Gasteiger partial charge in [0.1, 0.15) is 12.4 Å². The van der Waals surface area contributed by atoms with Gasteiger partial charge in [-0.15, -0.1) is 0 Å². The Bertz CT molecular complexity index is 739. The number of hydrogen-bond acceptors (Lipinski definition) is 5. The van der Waals surface area contributed by atoms with Crippen molar-refractivity contribution in [3.63, 3.8) is 0 Å². The Kier molecular flexibility index (Phi) is 8.71. The highest BCUT2D eigenvalue weighted by Gasteiger charge is 2.47. The molecule has 6 heteroatoms. The van der Waals surface area contributed by atoms with Crippen LogP contribution in [0.4, 0.5) is 0 Å². The molecule has 2 aromatic carbocycles. The highest BCUT2D eigenvalue weighted by atomic mass is 31.2. The summed E-state index contributed by atoms with van der Waals surface area (Å²) in [4.78, 5) is 0. The van der Waals surface area contributed by atoms with E-state index in [9.17, 15) is 4.57 Å². The van der Waals surface area contributed by atoms with Crippen molar-refractivity contribution in [2.75, 3.05) is 19.8 Å². The molecule has 0 radical (unpaired) electrons. The molecule has 2 rings (SSSR count). The first-order chi connectivity index (χ1) is 13.5. The summed E-state index contributed by atoms with van der Waals surface area (Å²) < 4.78 is 36.7. The highest BCUT2D eigenvalue weighted by molar-refractivity contribution is 7.59. The van der Waals surface area contributed by atoms with Crippen LogP contribution in [0, 0.1) is 0 Å². The van der Waals surface area contributed by atoms with Gasteiger partial charge in [-0.2, -0.15) is 0 Å². The lowest BCUT2D eigenvalue weighted by molar-refractivity contribution is -0.168. The molecule has 0 aliphatic carbocycles. The first-order valence-electron chi connectivity index (χ1n) is 9.73. The van der Waals surface area contributed by atoms with Crippen LogP contribution in [0.2, 0.25) is 0 Å². The second-order valence-electron chi connectivity index (χ2n) is 6.43. The van der Waals surface area contributed by atoms with Crippen LogP contribution < -0.4 is 4.74 Å². The molecule has 5 nitrogen and oxygen atoms in total. The molecule has 0 N–H and O–H groups in total. The van der Waals surface area contributed by atoms with Gasteiger partial charge in [0.2, 0.25) is 5.53 Å². The number of hydrogen-bond donors (Lipinski definition) is 0. The topological polar surface area (TPSA) is 54.0 Å². The van der Waals surface area contributed by atoms with Crippen molar-refractivity contribution in [3.8, 4) is 5.75 Å². The zero-order chi connectivity index (χ0) is 20.5. The predicted molar refractivity (Wildman–Crippen MR) is 112 cm³/mol. The first-order valence-corrected chi connectivity index (χ1v) is 11.5. The third-order valence-corrected chi connectivity index (χ3v) is 7.30. The van der Waals surface area contributed by atoms with Gasteiger partial charge in [0, 0.05) is 13.2 Å². The summed E-state index contributed by atoms with van der Waals surface area (Å²) in [5, 5.41) is 0. The summed E-state index contributed by atoms with van der Waals surface area (Å²) >= 11 is 0. The Balaban J connectivity index is 2.11. The molecule has 0 saturated heterocycles. The van der Waals surface area contributed by atoms with Gasteiger partial charge in [0.25, 0.3) is 7.37 Å². The minimum atomic E-state index is -3.26. The van der Waals surface area contributed by atoms with Crippen LogP contribution in [0.1, 0.15) is 38.8 Å². The summed E-state index contributed by atoms with van der Waals surface area (Å²) in [6, 6.07) is 17.6. The fourth-order valence-electron chi connectivity index (χ4n) is 2.96. The Labute approximate surface area is 168 Å². The van der Waals surface area contributed by atoms with Crippen LogP contribution >= 0.6 is 7.37 Å². The van der Waals surface area contributed by atoms with Gasteiger partial charge in [0.15, 0.2) is 0 Å². The number of rotatable bonds is 12. The van der Waals surface area contributed by atoms with Crippen molar-refractivity contribution in [1.82, 2.24) is 0 Å². The Morgan fingerprint density at radius 2 is 1.43 bits per heavy atom. The van der Waals surface area contributed by atoms with E-state index in [0.717, 1.165) is 16.9 Å². The Morgan fingerprint density at radius 1 is 0.821 bits per heavy atom. The summed E-state index contributed by atoms with van der Waals surface area (Å²) in [7, 11) is -3.26. The van der Waals surface area contributed by atoms with Gasteiger partial charge in [-0.3, -0.25) is 4.57 Å².